The van der Waals surface area contributed by atoms with Crippen molar-refractivity contribution in [2.24, 2.45) is 0 Å². The lowest BCUT2D eigenvalue weighted by molar-refractivity contribution is 0.0730. The lowest BCUT2D eigenvalue weighted by Crippen LogP contribution is -2.37. The molecule has 1 amide bonds. The van der Waals surface area contributed by atoms with E-state index < -0.39 is 0 Å². The number of hydrogen-bond donors (Lipinski definition) is 0. The fraction of sp³-hybridized carbons (Fsp3) is 0.333. The van der Waals surface area contributed by atoms with Gasteiger partial charge in [-0.25, -0.2) is 4.98 Å². The molecule has 0 saturated carbocycles. The summed E-state index contributed by atoms with van der Waals surface area (Å²) in [6.07, 6.45) is 3.08. The van der Waals surface area contributed by atoms with Crippen LogP contribution in [0.2, 0.25) is 0 Å². The number of likely N-dealkylation sites (tertiary alicyclic amines) is 1. The zero-order chi connectivity index (χ0) is 14.7. The van der Waals surface area contributed by atoms with E-state index in [2.05, 4.69) is 29.2 Å². The Labute approximate surface area is 125 Å². The number of carbonyl (C=O) groups excluding carboxylic acids is 1. The summed E-state index contributed by atoms with van der Waals surface area (Å²) < 4.78 is 0. The molecular weight excluding hydrogens is 260 g/mol. The third kappa shape index (κ3) is 3.13. The zero-order valence-corrected chi connectivity index (χ0v) is 12.3. The van der Waals surface area contributed by atoms with Gasteiger partial charge in [0.25, 0.3) is 5.91 Å². The monoisotopic (exact) mass is 280 g/mol. The molecule has 3 rings (SSSR count). The number of amides is 1. The van der Waals surface area contributed by atoms with Gasteiger partial charge in [-0.15, -0.1) is 0 Å². The SMILES string of the molecule is Cc1cccc(C(=O)N2CCCC2Cc2ccccc2)n1. The maximum atomic E-state index is 12.7. The van der Waals surface area contributed by atoms with Crippen LogP contribution >= 0.6 is 0 Å². The molecule has 1 aromatic carbocycles. The Balaban J connectivity index is 1.76. The number of pyridine rings is 1. The third-order valence-corrected chi connectivity index (χ3v) is 4.06. The smallest absolute Gasteiger partial charge is 0.272 e. The van der Waals surface area contributed by atoms with Crippen molar-refractivity contribution in [3.8, 4) is 0 Å². The van der Waals surface area contributed by atoms with E-state index in [0.717, 1.165) is 31.5 Å². The number of rotatable bonds is 3. The number of hydrogen-bond acceptors (Lipinski definition) is 2. The molecular formula is C18H20N2O. The van der Waals surface area contributed by atoms with Gasteiger partial charge in [0.1, 0.15) is 5.69 Å². The van der Waals surface area contributed by atoms with E-state index in [1.807, 2.05) is 36.1 Å². The van der Waals surface area contributed by atoms with Gasteiger partial charge in [0, 0.05) is 18.3 Å². The summed E-state index contributed by atoms with van der Waals surface area (Å²) >= 11 is 0. The van der Waals surface area contributed by atoms with Crippen molar-refractivity contribution in [1.82, 2.24) is 9.88 Å². The van der Waals surface area contributed by atoms with Crippen LogP contribution in [0.15, 0.2) is 48.5 Å². The van der Waals surface area contributed by atoms with Crippen LogP contribution in [0.4, 0.5) is 0 Å². The largest absolute Gasteiger partial charge is 0.334 e. The van der Waals surface area contributed by atoms with Crippen LogP contribution in [-0.2, 0) is 6.42 Å². The molecule has 1 aliphatic heterocycles. The molecule has 0 aliphatic carbocycles. The van der Waals surface area contributed by atoms with E-state index in [1.54, 1.807) is 0 Å². The van der Waals surface area contributed by atoms with Crippen LogP contribution in [0.25, 0.3) is 0 Å². The molecule has 21 heavy (non-hydrogen) atoms. The van der Waals surface area contributed by atoms with Gasteiger partial charge in [-0.1, -0.05) is 36.4 Å². The number of carbonyl (C=O) groups is 1. The van der Waals surface area contributed by atoms with Gasteiger partial charge in [-0.2, -0.15) is 0 Å². The van der Waals surface area contributed by atoms with Crippen LogP contribution in [0.5, 0.6) is 0 Å². The highest BCUT2D eigenvalue weighted by atomic mass is 16.2. The number of aromatic nitrogens is 1. The molecule has 1 saturated heterocycles. The van der Waals surface area contributed by atoms with Crippen LogP contribution in [-0.4, -0.2) is 28.4 Å². The first-order valence-corrected chi connectivity index (χ1v) is 7.52. The second-order valence-corrected chi connectivity index (χ2v) is 5.65. The summed E-state index contributed by atoms with van der Waals surface area (Å²) in [5.41, 5.74) is 2.74. The first-order valence-electron chi connectivity index (χ1n) is 7.52. The molecule has 1 atom stereocenters. The molecule has 2 aromatic rings. The van der Waals surface area contributed by atoms with Crippen LogP contribution in [0.3, 0.4) is 0 Å². The molecule has 1 aromatic heterocycles. The van der Waals surface area contributed by atoms with Gasteiger partial charge in [0.05, 0.1) is 0 Å². The summed E-state index contributed by atoms with van der Waals surface area (Å²) in [7, 11) is 0. The summed E-state index contributed by atoms with van der Waals surface area (Å²) in [6.45, 7) is 2.76. The summed E-state index contributed by atoms with van der Waals surface area (Å²) in [5.74, 6) is 0.0668. The predicted octanol–water partition coefficient (Wildman–Crippen LogP) is 3.24. The first-order chi connectivity index (χ1) is 10.2. The Kier molecular flexibility index (Phi) is 4.00. The number of benzene rings is 1. The minimum atomic E-state index is 0.0668. The van der Waals surface area contributed by atoms with Gasteiger partial charge in [0.2, 0.25) is 0 Å². The molecule has 2 heterocycles. The topological polar surface area (TPSA) is 33.2 Å². The minimum Gasteiger partial charge on any atom is -0.334 e. The highest BCUT2D eigenvalue weighted by Gasteiger charge is 2.29. The third-order valence-electron chi connectivity index (χ3n) is 4.06. The Morgan fingerprint density at radius 3 is 2.76 bits per heavy atom. The molecule has 0 spiro atoms. The van der Waals surface area contributed by atoms with Crippen molar-refractivity contribution < 1.29 is 4.79 Å². The minimum absolute atomic E-state index is 0.0668. The van der Waals surface area contributed by atoms with E-state index in [1.165, 1.54) is 5.56 Å². The number of nitrogens with zero attached hydrogens (tertiary/aromatic N) is 2. The molecule has 1 unspecified atom stereocenters. The molecule has 0 N–H and O–H groups in total. The van der Waals surface area contributed by atoms with Crippen molar-refractivity contribution >= 4 is 5.91 Å². The van der Waals surface area contributed by atoms with Crippen LogP contribution < -0.4 is 0 Å². The van der Waals surface area contributed by atoms with Gasteiger partial charge in [-0.05, 0) is 43.9 Å². The van der Waals surface area contributed by atoms with E-state index in [-0.39, 0.29) is 5.91 Å². The Morgan fingerprint density at radius 1 is 1.19 bits per heavy atom. The quantitative estimate of drug-likeness (QED) is 0.864. The Bertz CT molecular complexity index is 624. The standard InChI is InChI=1S/C18H20N2O/c1-14-7-5-11-17(19-14)18(21)20-12-6-10-16(20)13-15-8-3-2-4-9-15/h2-5,7-9,11,16H,6,10,12-13H2,1H3. The average molecular weight is 280 g/mol. The Morgan fingerprint density at radius 2 is 2.00 bits per heavy atom. The fourth-order valence-corrected chi connectivity index (χ4v) is 3.01. The van der Waals surface area contributed by atoms with Gasteiger partial charge in [0.15, 0.2) is 0 Å². The highest BCUT2D eigenvalue weighted by Crippen LogP contribution is 2.23. The van der Waals surface area contributed by atoms with Gasteiger partial charge in [-0.3, -0.25) is 4.79 Å². The van der Waals surface area contributed by atoms with Crippen LogP contribution in [0, 0.1) is 6.92 Å². The van der Waals surface area contributed by atoms with Gasteiger partial charge >= 0.3 is 0 Å². The second-order valence-electron chi connectivity index (χ2n) is 5.65. The van der Waals surface area contributed by atoms with Crippen molar-refractivity contribution in [3.63, 3.8) is 0 Å². The second kappa shape index (κ2) is 6.08. The van der Waals surface area contributed by atoms with Gasteiger partial charge < -0.3 is 4.90 Å². The van der Waals surface area contributed by atoms with Crippen molar-refractivity contribution in [1.29, 1.82) is 0 Å². The summed E-state index contributed by atoms with van der Waals surface area (Å²) in [4.78, 5) is 19.0. The van der Waals surface area contributed by atoms with E-state index in [0.29, 0.717) is 11.7 Å². The maximum absolute atomic E-state index is 12.7. The summed E-state index contributed by atoms with van der Waals surface area (Å²) in [5, 5.41) is 0. The maximum Gasteiger partial charge on any atom is 0.272 e. The summed E-state index contributed by atoms with van der Waals surface area (Å²) in [6, 6.07) is 16.3. The average Bonchev–Trinajstić information content (AvgIpc) is 2.95. The molecule has 0 bridgehead atoms. The van der Waals surface area contributed by atoms with E-state index in [4.69, 9.17) is 0 Å². The molecule has 1 aliphatic rings. The van der Waals surface area contributed by atoms with Crippen molar-refractivity contribution in [2.45, 2.75) is 32.2 Å². The number of aryl methyl sites for hydroxylation is 1. The molecule has 3 nitrogen and oxygen atoms in total. The van der Waals surface area contributed by atoms with Crippen molar-refractivity contribution in [2.75, 3.05) is 6.54 Å². The lowest BCUT2D eigenvalue weighted by atomic mass is 10.0. The van der Waals surface area contributed by atoms with E-state index in [9.17, 15) is 4.79 Å². The highest BCUT2D eigenvalue weighted by molar-refractivity contribution is 5.92. The first kappa shape index (κ1) is 13.8. The Hall–Kier alpha value is -2.16. The predicted molar refractivity (Wildman–Crippen MR) is 83.2 cm³/mol. The van der Waals surface area contributed by atoms with E-state index >= 15 is 0 Å². The lowest BCUT2D eigenvalue weighted by Gasteiger charge is -2.24. The fourth-order valence-electron chi connectivity index (χ4n) is 3.01. The molecule has 3 heteroatoms. The molecule has 108 valence electrons. The van der Waals surface area contributed by atoms with Crippen LogP contribution in [0.1, 0.15) is 34.6 Å². The zero-order valence-electron chi connectivity index (χ0n) is 12.3. The molecule has 0 radical (unpaired) electrons. The molecule has 1 fully saturated rings. The van der Waals surface area contributed by atoms with Crippen molar-refractivity contribution in [3.05, 3.63) is 65.5 Å². The normalized spacial score (nSPS) is 18.0.